The van der Waals surface area contributed by atoms with Crippen molar-refractivity contribution in [1.29, 1.82) is 0 Å². The Kier molecular flexibility index (Phi) is 4.17. The third kappa shape index (κ3) is 2.69. The molecule has 1 amide bonds. The van der Waals surface area contributed by atoms with Gasteiger partial charge in [-0.3, -0.25) is 9.78 Å². The summed E-state index contributed by atoms with van der Waals surface area (Å²) in [7, 11) is 1.41. The number of rotatable bonds is 4. The first-order chi connectivity index (χ1) is 11.5. The van der Waals surface area contributed by atoms with Crippen LogP contribution in [0.15, 0.2) is 24.7 Å². The molecule has 0 aromatic carbocycles. The Labute approximate surface area is 140 Å². The van der Waals surface area contributed by atoms with Crippen molar-refractivity contribution in [2.75, 3.05) is 18.2 Å². The highest BCUT2D eigenvalue weighted by atomic mass is 35.5. The third-order valence-corrected chi connectivity index (χ3v) is 3.51. The average Bonchev–Trinajstić information content (AvgIpc) is 2.89. The van der Waals surface area contributed by atoms with Gasteiger partial charge in [0.1, 0.15) is 22.9 Å². The van der Waals surface area contributed by atoms with Gasteiger partial charge in [-0.1, -0.05) is 11.6 Å². The van der Waals surface area contributed by atoms with E-state index in [0.717, 1.165) is 0 Å². The van der Waals surface area contributed by atoms with E-state index in [4.69, 9.17) is 22.1 Å². The minimum atomic E-state index is -0.769. The topological polar surface area (TPSA) is 107 Å². The lowest BCUT2D eigenvalue weighted by Crippen LogP contribution is -2.15. The summed E-state index contributed by atoms with van der Waals surface area (Å²) in [5.41, 5.74) is 6.39. The van der Waals surface area contributed by atoms with E-state index in [9.17, 15) is 9.18 Å². The lowest BCUT2D eigenvalue weighted by molar-refractivity contribution is 0.102. The van der Waals surface area contributed by atoms with Gasteiger partial charge in [-0.2, -0.15) is 0 Å². The second-order valence-electron chi connectivity index (χ2n) is 4.74. The number of fused-ring (bicyclic) bond motifs is 1. The number of pyridine rings is 1. The number of carbonyl (C=O) groups is 1. The number of carbonyl (C=O) groups excluding carboxylic acids is 1. The predicted octanol–water partition coefficient (Wildman–Crippen LogP) is 2.09. The van der Waals surface area contributed by atoms with Crippen molar-refractivity contribution in [3.8, 4) is 5.75 Å². The number of halogens is 2. The van der Waals surface area contributed by atoms with Gasteiger partial charge in [-0.25, -0.2) is 13.9 Å². The van der Waals surface area contributed by atoms with E-state index in [1.54, 1.807) is 0 Å². The largest absolute Gasteiger partial charge is 0.493 e. The first kappa shape index (κ1) is 15.9. The third-order valence-electron chi connectivity index (χ3n) is 3.24. The number of nitrogen functional groups attached to an aromatic ring is 1. The second-order valence-corrected chi connectivity index (χ2v) is 5.14. The normalized spacial score (nSPS) is 10.8. The maximum Gasteiger partial charge on any atom is 0.263 e. The molecule has 0 saturated heterocycles. The monoisotopic (exact) mass is 350 g/mol. The minimum Gasteiger partial charge on any atom is -0.493 e. The number of aromatic nitrogens is 4. The average molecular weight is 351 g/mol. The number of anilines is 2. The first-order valence-corrected chi connectivity index (χ1v) is 7.11. The maximum absolute atomic E-state index is 12.8. The lowest BCUT2D eigenvalue weighted by atomic mass is 10.2. The maximum atomic E-state index is 12.8. The van der Waals surface area contributed by atoms with Gasteiger partial charge in [0.2, 0.25) is 0 Å². The zero-order valence-electron chi connectivity index (χ0n) is 12.5. The summed E-state index contributed by atoms with van der Waals surface area (Å²) >= 11 is 5.97. The van der Waals surface area contributed by atoms with Gasteiger partial charge in [0.15, 0.2) is 17.2 Å². The van der Waals surface area contributed by atoms with E-state index in [1.165, 1.54) is 36.3 Å². The number of methoxy groups -OCH3 is 1. The number of amides is 1. The molecule has 3 N–H and O–H groups in total. The molecular weight excluding hydrogens is 339 g/mol. The Hall–Kier alpha value is -2.94. The number of nitrogens with zero attached hydrogens (tertiary/aromatic N) is 4. The van der Waals surface area contributed by atoms with Gasteiger partial charge in [0.25, 0.3) is 5.91 Å². The summed E-state index contributed by atoms with van der Waals surface area (Å²) in [6.45, 7) is -0.769. The molecule has 0 unspecified atom stereocenters. The molecule has 0 aliphatic rings. The highest BCUT2D eigenvalue weighted by Gasteiger charge is 2.21. The Bertz CT molecular complexity index is 929. The molecule has 3 heterocycles. The molecule has 3 rings (SSSR count). The van der Waals surface area contributed by atoms with Crippen LogP contribution in [-0.2, 0) is 6.67 Å². The van der Waals surface area contributed by atoms with E-state index < -0.39 is 12.6 Å². The van der Waals surface area contributed by atoms with Crippen LogP contribution in [0.25, 0.3) is 5.65 Å². The Morgan fingerprint density at radius 1 is 1.50 bits per heavy atom. The van der Waals surface area contributed by atoms with Crippen molar-refractivity contribution >= 4 is 34.7 Å². The minimum absolute atomic E-state index is 0.0207. The van der Waals surface area contributed by atoms with Gasteiger partial charge < -0.3 is 15.8 Å². The van der Waals surface area contributed by atoms with E-state index in [2.05, 4.69) is 20.4 Å². The van der Waals surface area contributed by atoms with Crippen LogP contribution in [0.4, 0.5) is 15.9 Å². The highest BCUT2D eigenvalue weighted by molar-refractivity contribution is 6.32. The molecule has 0 fully saturated rings. The van der Waals surface area contributed by atoms with Crippen LogP contribution in [0.1, 0.15) is 16.1 Å². The molecule has 3 aromatic rings. The van der Waals surface area contributed by atoms with E-state index in [0.29, 0.717) is 0 Å². The molecule has 8 nitrogen and oxygen atoms in total. The van der Waals surface area contributed by atoms with Crippen LogP contribution in [0, 0.1) is 0 Å². The fraction of sp³-hybridized carbons (Fsp3) is 0.143. The Balaban J connectivity index is 2.03. The van der Waals surface area contributed by atoms with E-state index >= 15 is 0 Å². The summed E-state index contributed by atoms with van der Waals surface area (Å²) in [5.74, 6) is -0.370. The standard InChI is InChI=1S/C14H12ClFN6O2/c1-24-11-8(15)5-18-6-9(11)20-14(23)10-12(17)21-22-3-2-7(4-16)19-13(10)22/h2-3,5-6H,4H2,1H3,(H2,17,21)(H,20,23). The number of hydrogen-bond donors (Lipinski definition) is 2. The molecule has 24 heavy (non-hydrogen) atoms. The molecule has 0 spiro atoms. The Morgan fingerprint density at radius 2 is 2.29 bits per heavy atom. The second kappa shape index (κ2) is 6.28. The zero-order valence-corrected chi connectivity index (χ0v) is 13.2. The quantitative estimate of drug-likeness (QED) is 0.746. The lowest BCUT2D eigenvalue weighted by Gasteiger charge is -2.10. The highest BCUT2D eigenvalue weighted by Crippen LogP contribution is 2.32. The molecule has 0 aliphatic heterocycles. The van der Waals surface area contributed by atoms with Crippen molar-refractivity contribution < 1.29 is 13.9 Å². The van der Waals surface area contributed by atoms with Gasteiger partial charge in [0, 0.05) is 12.4 Å². The molecule has 3 aromatic heterocycles. The van der Waals surface area contributed by atoms with Crippen molar-refractivity contribution in [1.82, 2.24) is 19.6 Å². The Morgan fingerprint density at radius 3 is 3.00 bits per heavy atom. The molecule has 0 saturated carbocycles. The zero-order chi connectivity index (χ0) is 17.3. The molecule has 0 atom stereocenters. The predicted molar refractivity (Wildman–Crippen MR) is 86.0 cm³/mol. The summed E-state index contributed by atoms with van der Waals surface area (Å²) in [4.78, 5) is 20.5. The molecule has 0 bridgehead atoms. The fourth-order valence-corrected chi connectivity index (χ4v) is 2.42. The van der Waals surface area contributed by atoms with Gasteiger partial charge in [0.05, 0.1) is 19.0 Å². The van der Waals surface area contributed by atoms with Gasteiger partial charge >= 0.3 is 0 Å². The van der Waals surface area contributed by atoms with Crippen molar-refractivity contribution in [3.63, 3.8) is 0 Å². The van der Waals surface area contributed by atoms with Crippen molar-refractivity contribution in [2.45, 2.75) is 6.67 Å². The summed E-state index contributed by atoms with van der Waals surface area (Å²) in [6, 6.07) is 1.45. The molecular formula is C14H12ClFN6O2. The summed E-state index contributed by atoms with van der Waals surface area (Å²) in [6.07, 6.45) is 4.24. The van der Waals surface area contributed by atoms with Crippen LogP contribution in [0.2, 0.25) is 5.02 Å². The smallest absolute Gasteiger partial charge is 0.263 e. The number of ether oxygens (including phenoxy) is 1. The number of nitrogens with one attached hydrogen (secondary N) is 1. The molecule has 10 heteroatoms. The number of alkyl halides is 1. The van der Waals surface area contributed by atoms with Crippen molar-refractivity contribution in [3.05, 3.63) is 40.9 Å². The number of hydrogen-bond acceptors (Lipinski definition) is 6. The van der Waals surface area contributed by atoms with E-state index in [-0.39, 0.29) is 39.2 Å². The van der Waals surface area contributed by atoms with Crippen LogP contribution in [0.5, 0.6) is 5.75 Å². The summed E-state index contributed by atoms with van der Waals surface area (Å²) < 4.78 is 19.3. The van der Waals surface area contributed by atoms with Gasteiger partial charge in [-0.05, 0) is 6.07 Å². The van der Waals surface area contributed by atoms with Gasteiger partial charge in [-0.15, -0.1) is 5.10 Å². The van der Waals surface area contributed by atoms with Crippen LogP contribution < -0.4 is 15.8 Å². The molecule has 0 radical (unpaired) electrons. The fourth-order valence-electron chi connectivity index (χ4n) is 2.18. The van der Waals surface area contributed by atoms with E-state index in [1.807, 2.05) is 0 Å². The molecule has 124 valence electrons. The SMILES string of the molecule is COc1c(Cl)cncc1NC(=O)c1c(N)nn2ccc(CF)nc12. The van der Waals surface area contributed by atoms with Crippen LogP contribution in [-0.4, -0.2) is 32.6 Å². The molecule has 0 aliphatic carbocycles. The summed E-state index contributed by atoms with van der Waals surface area (Å²) in [5, 5.41) is 6.82. The number of nitrogens with two attached hydrogens (primary N) is 1. The van der Waals surface area contributed by atoms with Crippen molar-refractivity contribution in [2.24, 2.45) is 0 Å². The first-order valence-electron chi connectivity index (χ1n) is 6.73. The van der Waals surface area contributed by atoms with Crippen LogP contribution in [0.3, 0.4) is 0 Å². The van der Waals surface area contributed by atoms with Crippen LogP contribution >= 0.6 is 11.6 Å².